The number of rotatable bonds is 1. The van der Waals surface area contributed by atoms with Gasteiger partial charge in [0.15, 0.2) is 11.6 Å². The molecule has 5 aliphatic carbocycles. The summed E-state index contributed by atoms with van der Waals surface area (Å²) in [6, 6.07) is 0. The molecule has 0 aromatic rings. The summed E-state index contributed by atoms with van der Waals surface area (Å²) in [6.45, 7) is 13.3. The molecule has 0 radical (unpaired) electrons. The fourth-order valence-corrected chi connectivity index (χ4v) is 10.7. The van der Waals surface area contributed by atoms with Crippen LogP contribution in [-0.2, 0) is 19.1 Å². The van der Waals surface area contributed by atoms with E-state index in [4.69, 9.17) is 4.74 Å². The molecule has 7 unspecified atom stereocenters. The van der Waals surface area contributed by atoms with Gasteiger partial charge in [-0.2, -0.15) is 0 Å². The van der Waals surface area contributed by atoms with Crippen molar-refractivity contribution in [3.05, 3.63) is 22.2 Å². The number of ketones is 2. The molecule has 0 saturated heterocycles. The van der Waals surface area contributed by atoms with Crippen molar-refractivity contribution in [2.24, 2.45) is 50.7 Å². The molecule has 0 N–H and O–H groups in total. The highest BCUT2D eigenvalue weighted by Gasteiger charge is 2.67. The van der Waals surface area contributed by atoms with Crippen LogP contribution in [0.4, 0.5) is 0 Å². The summed E-state index contributed by atoms with van der Waals surface area (Å²) < 4.78 is 6.03. The third kappa shape index (κ3) is 3.46. The predicted octanol–water partition coefficient (Wildman–Crippen LogP) is 7.45. The second-order valence-electron chi connectivity index (χ2n) is 14.1. The average molecular weight is 562 g/mol. The van der Waals surface area contributed by atoms with Crippen LogP contribution in [0, 0.1) is 50.7 Å². The van der Waals surface area contributed by atoms with Crippen LogP contribution in [-0.4, -0.2) is 24.6 Å². The molecule has 0 aromatic heterocycles. The van der Waals surface area contributed by atoms with E-state index in [1.165, 1.54) is 12.7 Å². The molecular formula is C31H45BrO4. The van der Waals surface area contributed by atoms with E-state index in [2.05, 4.69) is 63.5 Å². The Balaban J connectivity index is 0.00000304. The number of hydrogen-bond donors (Lipinski definition) is 0. The van der Waals surface area contributed by atoms with Crippen molar-refractivity contribution in [2.45, 2.75) is 93.9 Å². The summed E-state index contributed by atoms with van der Waals surface area (Å²) in [5.74, 6) is 0.516. The summed E-state index contributed by atoms with van der Waals surface area (Å²) >= 11 is 3.58. The van der Waals surface area contributed by atoms with Gasteiger partial charge in [-0.3, -0.25) is 14.4 Å². The Kier molecular flexibility index (Phi) is 6.47. The molecule has 0 heterocycles. The molecule has 3 saturated carbocycles. The van der Waals surface area contributed by atoms with Gasteiger partial charge in [-0.1, -0.05) is 60.6 Å². The Morgan fingerprint density at radius 2 is 1.64 bits per heavy atom. The first-order valence-electron chi connectivity index (χ1n) is 13.4. The fourth-order valence-electron chi connectivity index (χ4n) is 9.67. The van der Waals surface area contributed by atoms with Gasteiger partial charge in [0.2, 0.25) is 0 Å². The van der Waals surface area contributed by atoms with Gasteiger partial charge in [-0.25, -0.2) is 0 Å². The third-order valence-corrected chi connectivity index (χ3v) is 12.1. The number of allylic oxidation sites excluding steroid dienone is 4. The first-order chi connectivity index (χ1) is 16.1. The Morgan fingerprint density at radius 3 is 2.28 bits per heavy atom. The number of fused-ring (bicyclic) bond motifs is 7. The third-order valence-electron chi connectivity index (χ3n) is 11.5. The second-order valence-corrected chi connectivity index (χ2v) is 14.9. The van der Waals surface area contributed by atoms with Crippen molar-refractivity contribution in [3.8, 4) is 0 Å². The predicted molar refractivity (Wildman–Crippen MR) is 146 cm³/mol. The normalized spacial score (nSPS) is 44.4. The van der Waals surface area contributed by atoms with Crippen molar-refractivity contribution in [1.29, 1.82) is 0 Å². The lowest BCUT2D eigenvalue weighted by Crippen LogP contribution is -2.61. The van der Waals surface area contributed by atoms with Crippen LogP contribution in [0.1, 0.15) is 93.9 Å². The van der Waals surface area contributed by atoms with Crippen molar-refractivity contribution < 1.29 is 19.1 Å². The van der Waals surface area contributed by atoms with E-state index in [1.807, 2.05) is 6.08 Å². The van der Waals surface area contributed by atoms with E-state index >= 15 is 0 Å². The summed E-state index contributed by atoms with van der Waals surface area (Å²) in [7, 11) is 1.50. The van der Waals surface area contributed by atoms with Crippen molar-refractivity contribution >= 4 is 33.5 Å². The second kappa shape index (κ2) is 8.38. The number of esters is 1. The van der Waals surface area contributed by atoms with E-state index < -0.39 is 10.8 Å². The van der Waals surface area contributed by atoms with E-state index in [1.54, 1.807) is 0 Å². The maximum atomic E-state index is 14.1. The lowest BCUT2D eigenvalue weighted by atomic mass is 9.38. The zero-order chi connectivity index (χ0) is 25.8. The number of ether oxygens (including phenoxy) is 1. The monoisotopic (exact) mass is 560 g/mol. The number of carbonyl (C=O) groups excluding carboxylic acids is 3. The highest BCUT2D eigenvalue weighted by Crippen LogP contribution is 2.70. The molecule has 4 nitrogen and oxygen atoms in total. The van der Waals surface area contributed by atoms with Crippen molar-refractivity contribution in [1.82, 2.24) is 0 Å². The molecule has 5 heteroatoms. The summed E-state index contributed by atoms with van der Waals surface area (Å²) in [4.78, 5) is 40.5. The molecule has 0 amide bonds. The van der Waals surface area contributed by atoms with Gasteiger partial charge in [0.25, 0.3) is 0 Å². The number of methoxy groups -OCH3 is 1. The molecule has 0 aliphatic heterocycles. The Labute approximate surface area is 226 Å². The molecule has 5 aliphatic rings. The number of hydrogen-bond acceptors (Lipinski definition) is 4. The van der Waals surface area contributed by atoms with E-state index in [0.29, 0.717) is 4.48 Å². The highest BCUT2D eigenvalue weighted by atomic mass is 79.9. The number of halogens is 1. The van der Waals surface area contributed by atoms with Crippen LogP contribution < -0.4 is 0 Å². The molecule has 7 atom stereocenters. The van der Waals surface area contributed by atoms with Gasteiger partial charge in [0, 0.05) is 16.7 Å². The average Bonchev–Trinajstić information content (AvgIpc) is 2.77. The van der Waals surface area contributed by atoms with Crippen LogP contribution in [0.3, 0.4) is 0 Å². The zero-order valence-corrected chi connectivity index (χ0v) is 24.0. The number of Topliss-reactive ketones (excluding diaryl/α,β-unsaturated/α-hetero) is 1. The Hall–Kier alpha value is -1.23. The largest absolute Gasteiger partial charge is 0.469 e. The van der Waals surface area contributed by atoms with Crippen LogP contribution >= 0.6 is 15.9 Å². The molecule has 0 aromatic carbocycles. The minimum absolute atomic E-state index is 0. The quantitative estimate of drug-likeness (QED) is 0.312. The van der Waals surface area contributed by atoms with Gasteiger partial charge in [-0.05, 0) is 95.5 Å². The van der Waals surface area contributed by atoms with E-state index in [0.717, 1.165) is 44.9 Å². The SMILES string of the molecule is C.COC(=O)C12CCC3C(C(=O)C=C4C5(C)C=C(Br)C(=O)C(C)(C)C5CCC43C)C1CC(C)(C)CC2. The van der Waals surface area contributed by atoms with Crippen LogP contribution in [0.5, 0.6) is 0 Å². The van der Waals surface area contributed by atoms with Crippen molar-refractivity contribution in [2.75, 3.05) is 7.11 Å². The molecule has 5 rings (SSSR count). The van der Waals surface area contributed by atoms with Crippen molar-refractivity contribution in [3.63, 3.8) is 0 Å². The number of carbonyl (C=O) groups is 3. The van der Waals surface area contributed by atoms with E-state index in [-0.39, 0.29) is 64.9 Å². The summed E-state index contributed by atoms with van der Waals surface area (Å²) in [5.41, 5.74) is -0.150. The standard InChI is InChI=1S/C30H41BrO4.CH4/c1-26(2)12-13-30(25(34)35-7)11-8-17-23(18(30)15-26)20(32)14-22-28(17,5)10-9-21-27(3,4)24(33)19(31)16-29(21,22)6;/h14,16-18,21,23H,8-13,15H2,1-7H3;1H4. The van der Waals surface area contributed by atoms with Crippen LogP contribution in [0.2, 0.25) is 0 Å². The van der Waals surface area contributed by atoms with Crippen LogP contribution in [0.15, 0.2) is 22.2 Å². The van der Waals surface area contributed by atoms with Gasteiger partial charge < -0.3 is 4.74 Å². The molecular weight excluding hydrogens is 516 g/mol. The lowest BCUT2D eigenvalue weighted by Gasteiger charge is -2.64. The van der Waals surface area contributed by atoms with Gasteiger partial charge in [0.1, 0.15) is 0 Å². The highest BCUT2D eigenvalue weighted by molar-refractivity contribution is 9.12. The first-order valence-corrected chi connectivity index (χ1v) is 14.2. The molecule has 36 heavy (non-hydrogen) atoms. The Bertz CT molecular complexity index is 1070. The zero-order valence-electron chi connectivity index (χ0n) is 22.4. The molecule has 200 valence electrons. The van der Waals surface area contributed by atoms with Gasteiger partial charge >= 0.3 is 5.97 Å². The fraction of sp³-hybridized carbons (Fsp3) is 0.774. The maximum Gasteiger partial charge on any atom is 0.312 e. The molecule has 3 fully saturated rings. The van der Waals surface area contributed by atoms with Gasteiger partial charge in [-0.15, -0.1) is 0 Å². The maximum absolute atomic E-state index is 14.1. The topological polar surface area (TPSA) is 60.4 Å². The Morgan fingerprint density at radius 1 is 0.972 bits per heavy atom. The molecule has 0 spiro atoms. The minimum atomic E-state index is -0.536. The smallest absolute Gasteiger partial charge is 0.312 e. The minimum Gasteiger partial charge on any atom is -0.469 e. The van der Waals surface area contributed by atoms with Crippen LogP contribution in [0.25, 0.3) is 0 Å². The lowest BCUT2D eigenvalue weighted by molar-refractivity contribution is -0.178. The summed E-state index contributed by atoms with van der Waals surface area (Å²) in [6.07, 6.45) is 10.4. The first kappa shape index (κ1) is 27.8. The van der Waals surface area contributed by atoms with E-state index in [9.17, 15) is 14.4 Å². The summed E-state index contributed by atoms with van der Waals surface area (Å²) in [5, 5.41) is 0. The molecule has 0 bridgehead atoms. The van der Waals surface area contributed by atoms with Gasteiger partial charge in [0.05, 0.1) is 17.0 Å².